The summed E-state index contributed by atoms with van der Waals surface area (Å²) >= 11 is 5.85. The highest BCUT2D eigenvalue weighted by atomic mass is 35.5. The van der Waals surface area contributed by atoms with Crippen LogP contribution in [0.1, 0.15) is 16.5 Å². The van der Waals surface area contributed by atoms with Crippen molar-refractivity contribution < 1.29 is 4.79 Å². The molecule has 1 aromatic carbocycles. The van der Waals surface area contributed by atoms with Crippen LogP contribution >= 0.6 is 11.6 Å². The minimum atomic E-state index is -0.886. The predicted octanol–water partition coefficient (Wildman–Crippen LogP) is 1.60. The first-order chi connectivity index (χ1) is 7.99. The molecule has 3 N–H and O–H groups in total. The van der Waals surface area contributed by atoms with E-state index < -0.39 is 11.3 Å². The Hall–Kier alpha value is -1.81. The molecule has 1 unspecified atom stereocenters. The molecule has 5 heteroatoms. The van der Waals surface area contributed by atoms with Crippen LogP contribution in [0.15, 0.2) is 29.1 Å². The van der Waals surface area contributed by atoms with E-state index in [0.717, 1.165) is 10.9 Å². The summed E-state index contributed by atoms with van der Waals surface area (Å²) in [6.07, 6.45) is 0. The lowest BCUT2D eigenvalue weighted by Crippen LogP contribution is -2.17. The monoisotopic (exact) mass is 250 g/mol. The topological polar surface area (TPSA) is 75.9 Å². The van der Waals surface area contributed by atoms with Crippen LogP contribution in [0.2, 0.25) is 0 Å². The van der Waals surface area contributed by atoms with E-state index in [9.17, 15) is 9.59 Å². The molecule has 0 fully saturated rings. The second-order valence-electron chi connectivity index (χ2n) is 3.89. The van der Waals surface area contributed by atoms with Crippen LogP contribution in [0.4, 0.5) is 0 Å². The van der Waals surface area contributed by atoms with Crippen molar-refractivity contribution in [1.29, 1.82) is 0 Å². The third-order valence-electron chi connectivity index (χ3n) is 2.62. The Morgan fingerprint density at radius 1 is 1.41 bits per heavy atom. The van der Waals surface area contributed by atoms with E-state index in [1.54, 1.807) is 12.1 Å². The highest BCUT2D eigenvalue weighted by Crippen LogP contribution is 2.24. The summed E-state index contributed by atoms with van der Waals surface area (Å²) in [4.78, 5) is 25.0. The number of pyridine rings is 1. The predicted molar refractivity (Wildman–Crippen MR) is 67.1 cm³/mol. The smallest absolute Gasteiger partial charge is 0.248 e. The van der Waals surface area contributed by atoms with E-state index in [4.69, 9.17) is 17.3 Å². The average Bonchev–Trinajstić information content (AvgIpc) is 2.26. The van der Waals surface area contributed by atoms with Crippen molar-refractivity contribution in [1.82, 2.24) is 4.98 Å². The maximum atomic E-state index is 11.3. The minimum absolute atomic E-state index is 0.183. The zero-order valence-electron chi connectivity index (χ0n) is 9.16. The standard InChI is InChI=1S/C12H11ClN2O2/c1-6-4-10(16)15-9-5-7(2-3-8(6)9)11(13)12(14)17/h2-5,11H,1H3,(H2,14,17)(H,15,16). The summed E-state index contributed by atoms with van der Waals surface area (Å²) in [7, 11) is 0. The van der Waals surface area contributed by atoms with E-state index in [2.05, 4.69) is 4.98 Å². The van der Waals surface area contributed by atoms with Crippen LogP contribution in [-0.2, 0) is 4.79 Å². The number of carbonyl (C=O) groups is 1. The number of rotatable bonds is 2. The van der Waals surface area contributed by atoms with E-state index >= 15 is 0 Å². The van der Waals surface area contributed by atoms with Crippen molar-refractivity contribution in [3.8, 4) is 0 Å². The van der Waals surface area contributed by atoms with Crippen molar-refractivity contribution >= 4 is 28.4 Å². The number of halogens is 1. The third kappa shape index (κ3) is 2.17. The number of aryl methyl sites for hydroxylation is 1. The van der Waals surface area contributed by atoms with Gasteiger partial charge in [0.25, 0.3) is 0 Å². The largest absolute Gasteiger partial charge is 0.368 e. The Balaban J connectivity index is 2.65. The van der Waals surface area contributed by atoms with Crippen LogP contribution < -0.4 is 11.3 Å². The van der Waals surface area contributed by atoms with Gasteiger partial charge in [0.15, 0.2) is 0 Å². The third-order valence-corrected chi connectivity index (χ3v) is 3.08. The maximum absolute atomic E-state index is 11.3. The number of primary amides is 1. The van der Waals surface area contributed by atoms with E-state index in [1.165, 1.54) is 6.07 Å². The van der Waals surface area contributed by atoms with Crippen molar-refractivity contribution in [2.75, 3.05) is 0 Å². The number of fused-ring (bicyclic) bond motifs is 1. The molecule has 0 saturated carbocycles. The Bertz CT molecular complexity index is 648. The molecule has 0 aliphatic heterocycles. The molecule has 0 aliphatic carbocycles. The average molecular weight is 251 g/mol. The molecular weight excluding hydrogens is 240 g/mol. The number of aromatic amines is 1. The molecule has 0 bridgehead atoms. The van der Waals surface area contributed by atoms with Gasteiger partial charge in [-0.3, -0.25) is 9.59 Å². The lowest BCUT2D eigenvalue weighted by atomic mass is 10.1. The Morgan fingerprint density at radius 2 is 2.12 bits per heavy atom. The van der Waals surface area contributed by atoms with Gasteiger partial charge < -0.3 is 10.7 Å². The number of amides is 1. The fourth-order valence-electron chi connectivity index (χ4n) is 1.77. The van der Waals surface area contributed by atoms with Crippen LogP contribution in [-0.4, -0.2) is 10.9 Å². The molecule has 2 rings (SSSR count). The molecule has 0 aliphatic rings. The SMILES string of the molecule is Cc1cc(=O)[nH]c2cc(C(Cl)C(N)=O)ccc12. The van der Waals surface area contributed by atoms with Crippen molar-refractivity contribution in [2.45, 2.75) is 12.3 Å². The van der Waals surface area contributed by atoms with Crippen LogP contribution in [0.5, 0.6) is 0 Å². The number of hydrogen-bond acceptors (Lipinski definition) is 2. The van der Waals surface area contributed by atoms with Gasteiger partial charge in [-0.25, -0.2) is 0 Å². The van der Waals surface area contributed by atoms with Gasteiger partial charge in [0.05, 0.1) is 0 Å². The molecule has 88 valence electrons. The number of nitrogens with one attached hydrogen (secondary N) is 1. The fourth-order valence-corrected chi connectivity index (χ4v) is 1.91. The minimum Gasteiger partial charge on any atom is -0.368 e. The molecule has 1 amide bonds. The molecule has 0 radical (unpaired) electrons. The first-order valence-corrected chi connectivity index (χ1v) is 5.49. The number of aromatic nitrogens is 1. The molecule has 1 heterocycles. The van der Waals surface area contributed by atoms with Gasteiger partial charge in [0.1, 0.15) is 5.38 Å². The van der Waals surface area contributed by atoms with Crippen molar-refractivity contribution in [3.05, 3.63) is 45.7 Å². The number of alkyl halides is 1. The summed E-state index contributed by atoms with van der Waals surface area (Å²) in [6.45, 7) is 1.85. The molecule has 0 saturated heterocycles. The second-order valence-corrected chi connectivity index (χ2v) is 4.32. The number of benzene rings is 1. The van der Waals surface area contributed by atoms with E-state index in [-0.39, 0.29) is 5.56 Å². The van der Waals surface area contributed by atoms with Gasteiger partial charge in [-0.15, -0.1) is 11.6 Å². The summed E-state index contributed by atoms with van der Waals surface area (Å²) in [5.41, 5.74) is 7.05. The van der Waals surface area contributed by atoms with Gasteiger partial charge in [-0.2, -0.15) is 0 Å². The number of H-pyrrole nitrogens is 1. The zero-order valence-corrected chi connectivity index (χ0v) is 9.91. The Morgan fingerprint density at radius 3 is 2.76 bits per heavy atom. The van der Waals surface area contributed by atoms with Crippen molar-refractivity contribution in [3.63, 3.8) is 0 Å². The van der Waals surface area contributed by atoms with Crippen LogP contribution in [0, 0.1) is 6.92 Å². The zero-order chi connectivity index (χ0) is 12.6. The summed E-state index contributed by atoms with van der Waals surface area (Å²) in [6, 6.07) is 6.74. The maximum Gasteiger partial charge on any atom is 0.248 e. The highest BCUT2D eigenvalue weighted by Gasteiger charge is 2.14. The number of hydrogen-bond donors (Lipinski definition) is 2. The highest BCUT2D eigenvalue weighted by molar-refractivity contribution is 6.30. The first kappa shape index (κ1) is 11.7. The summed E-state index contributed by atoms with van der Waals surface area (Å²) in [5.74, 6) is -0.610. The lowest BCUT2D eigenvalue weighted by Gasteiger charge is -2.08. The lowest BCUT2D eigenvalue weighted by molar-refractivity contribution is -0.117. The van der Waals surface area contributed by atoms with E-state index in [0.29, 0.717) is 11.1 Å². The normalized spacial score (nSPS) is 12.6. The molecule has 4 nitrogen and oxygen atoms in total. The van der Waals surface area contributed by atoms with Crippen LogP contribution in [0.3, 0.4) is 0 Å². The fraction of sp³-hybridized carbons (Fsp3) is 0.167. The molecule has 1 atom stereocenters. The van der Waals surface area contributed by atoms with Gasteiger partial charge in [0.2, 0.25) is 11.5 Å². The number of carbonyl (C=O) groups excluding carboxylic acids is 1. The molecule has 17 heavy (non-hydrogen) atoms. The van der Waals surface area contributed by atoms with Crippen LogP contribution in [0.25, 0.3) is 10.9 Å². The van der Waals surface area contributed by atoms with Gasteiger partial charge in [-0.1, -0.05) is 12.1 Å². The van der Waals surface area contributed by atoms with Crippen molar-refractivity contribution in [2.24, 2.45) is 5.73 Å². The Labute approximate surface area is 102 Å². The van der Waals surface area contributed by atoms with Gasteiger partial charge in [-0.05, 0) is 24.1 Å². The molecule has 0 spiro atoms. The molecular formula is C12H11ClN2O2. The first-order valence-electron chi connectivity index (χ1n) is 5.06. The summed E-state index contributed by atoms with van der Waals surface area (Å²) < 4.78 is 0. The molecule has 1 aromatic heterocycles. The van der Waals surface area contributed by atoms with Gasteiger partial charge >= 0.3 is 0 Å². The van der Waals surface area contributed by atoms with Gasteiger partial charge in [0, 0.05) is 17.0 Å². The quantitative estimate of drug-likeness (QED) is 0.795. The summed E-state index contributed by atoms with van der Waals surface area (Å²) in [5, 5.41) is 0.0325. The van der Waals surface area contributed by atoms with E-state index in [1.807, 2.05) is 13.0 Å². The molecule has 2 aromatic rings. The number of nitrogens with two attached hydrogens (primary N) is 1. The second kappa shape index (κ2) is 4.22. The Kier molecular flexibility index (Phi) is 2.90.